The quantitative estimate of drug-likeness (QED) is 0.755. The van der Waals surface area contributed by atoms with Gasteiger partial charge < -0.3 is 10.5 Å². The van der Waals surface area contributed by atoms with Crippen LogP contribution < -0.4 is 5.73 Å². The van der Waals surface area contributed by atoms with Crippen LogP contribution >= 0.6 is 0 Å². The summed E-state index contributed by atoms with van der Waals surface area (Å²) >= 11 is 0. The first-order chi connectivity index (χ1) is 6.53. The second kappa shape index (κ2) is 5.13. The molecule has 1 aliphatic rings. The van der Waals surface area contributed by atoms with E-state index in [0.717, 1.165) is 13.2 Å². The molecule has 0 aromatic heterocycles. The van der Waals surface area contributed by atoms with Crippen molar-refractivity contribution in [1.82, 2.24) is 0 Å². The first-order valence-electron chi connectivity index (χ1n) is 5.85. The summed E-state index contributed by atoms with van der Waals surface area (Å²) in [5, 5.41) is 0. The standard InChI is InChI=1S/C12H25NO/c1-10(8-13)9-14-11-4-6-12(2,3)7-5-11/h10-11H,4-9,13H2,1-3H3. The van der Waals surface area contributed by atoms with Crippen LogP contribution in [-0.4, -0.2) is 19.3 Å². The van der Waals surface area contributed by atoms with Gasteiger partial charge in [-0.2, -0.15) is 0 Å². The van der Waals surface area contributed by atoms with Crippen molar-refractivity contribution in [2.75, 3.05) is 13.2 Å². The predicted molar refractivity (Wildman–Crippen MR) is 60.2 cm³/mol. The van der Waals surface area contributed by atoms with Gasteiger partial charge in [0, 0.05) is 0 Å². The number of hydrogen-bond acceptors (Lipinski definition) is 2. The van der Waals surface area contributed by atoms with Gasteiger partial charge in [0.05, 0.1) is 12.7 Å². The molecule has 0 aromatic carbocycles. The highest BCUT2D eigenvalue weighted by atomic mass is 16.5. The van der Waals surface area contributed by atoms with Crippen LogP contribution in [0.5, 0.6) is 0 Å². The molecule has 0 heterocycles. The van der Waals surface area contributed by atoms with E-state index >= 15 is 0 Å². The summed E-state index contributed by atoms with van der Waals surface area (Å²) in [4.78, 5) is 0. The van der Waals surface area contributed by atoms with E-state index in [0.29, 0.717) is 17.4 Å². The van der Waals surface area contributed by atoms with Crippen molar-refractivity contribution < 1.29 is 4.74 Å². The highest BCUT2D eigenvalue weighted by Gasteiger charge is 2.27. The molecular weight excluding hydrogens is 174 g/mol. The van der Waals surface area contributed by atoms with Crippen LogP contribution in [0.15, 0.2) is 0 Å². The first-order valence-corrected chi connectivity index (χ1v) is 5.85. The minimum absolute atomic E-state index is 0.497. The van der Waals surface area contributed by atoms with Gasteiger partial charge in [-0.25, -0.2) is 0 Å². The number of ether oxygens (including phenoxy) is 1. The lowest BCUT2D eigenvalue weighted by Crippen LogP contribution is -2.28. The molecule has 0 aliphatic heterocycles. The zero-order valence-corrected chi connectivity index (χ0v) is 9.88. The number of nitrogens with two attached hydrogens (primary N) is 1. The van der Waals surface area contributed by atoms with E-state index in [4.69, 9.17) is 10.5 Å². The summed E-state index contributed by atoms with van der Waals surface area (Å²) in [7, 11) is 0. The van der Waals surface area contributed by atoms with Crippen LogP contribution in [0.25, 0.3) is 0 Å². The van der Waals surface area contributed by atoms with E-state index in [1.807, 2.05) is 0 Å². The zero-order valence-electron chi connectivity index (χ0n) is 9.88. The van der Waals surface area contributed by atoms with Gasteiger partial charge in [-0.3, -0.25) is 0 Å². The van der Waals surface area contributed by atoms with E-state index in [2.05, 4.69) is 20.8 Å². The molecule has 0 bridgehead atoms. The Morgan fingerprint density at radius 1 is 1.36 bits per heavy atom. The van der Waals surface area contributed by atoms with Crippen molar-refractivity contribution in [2.45, 2.75) is 52.6 Å². The Morgan fingerprint density at radius 2 is 1.93 bits per heavy atom. The Morgan fingerprint density at radius 3 is 2.43 bits per heavy atom. The summed E-state index contributed by atoms with van der Waals surface area (Å²) in [5.41, 5.74) is 6.09. The van der Waals surface area contributed by atoms with Crippen molar-refractivity contribution in [2.24, 2.45) is 17.1 Å². The minimum Gasteiger partial charge on any atom is -0.378 e. The SMILES string of the molecule is CC(CN)COC1CCC(C)(C)CC1. The van der Waals surface area contributed by atoms with Crippen LogP contribution in [0.4, 0.5) is 0 Å². The molecule has 1 aliphatic carbocycles. The third-order valence-corrected chi connectivity index (χ3v) is 3.30. The van der Waals surface area contributed by atoms with Crippen LogP contribution in [0.2, 0.25) is 0 Å². The maximum Gasteiger partial charge on any atom is 0.0575 e. The molecule has 0 radical (unpaired) electrons. The Balaban J connectivity index is 2.16. The van der Waals surface area contributed by atoms with E-state index in [1.165, 1.54) is 25.7 Å². The molecule has 0 amide bonds. The van der Waals surface area contributed by atoms with Crippen LogP contribution in [0.3, 0.4) is 0 Å². The summed E-state index contributed by atoms with van der Waals surface area (Å²) < 4.78 is 5.85. The molecule has 1 atom stereocenters. The highest BCUT2D eigenvalue weighted by Crippen LogP contribution is 2.36. The van der Waals surface area contributed by atoms with Gasteiger partial charge in [-0.1, -0.05) is 20.8 Å². The zero-order chi connectivity index (χ0) is 10.6. The van der Waals surface area contributed by atoms with Crippen molar-refractivity contribution in [3.05, 3.63) is 0 Å². The average Bonchev–Trinajstić information content (AvgIpc) is 2.16. The highest BCUT2D eigenvalue weighted by molar-refractivity contribution is 4.78. The maximum absolute atomic E-state index is 5.85. The van der Waals surface area contributed by atoms with E-state index in [1.54, 1.807) is 0 Å². The summed E-state index contributed by atoms with van der Waals surface area (Å²) in [6, 6.07) is 0. The van der Waals surface area contributed by atoms with Gasteiger partial charge in [-0.05, 0) is 43.6 Å². The third kappa shape index (κ3) is 3.97. The fraction of sp³-hybridized carbons (Fsp3) is 1.00. The Bertz CT molecular complexity index is 158. The van der Waals surface area contributed by atoms with Crippen molar-refractivity contribution in [1.29, 1.82) is 0 Å². The largest absolute Gasteiger partial charge is 0.378 e. The molecular formula is C12H25NO. The van der Waals surface area contributed by atoms with E-state index in [9.17, 15) is 0 Å². The molecule has 0 spiro atoms. The molecule has 2 N–H and O–H groups in total. The molecule has 84 valence electrons. The predicted octanol–water partition coefficient (Wildman–Crippen LogP) is 2.57. The second-order valence-corrected chi connectivity index (χ2v) is 5.54. The van der Waals surface area contributed by atoms with Gasteiger partial charge in [0.2, 0.25) is 0 Å². The fourth-order valence-corrected chi connectivity index (χ4v) is 1.91. The van der Waals surface area contributed by atoms with E-state index in [-0.39, 0.29) is 0 Å². The van der Waals surface area contributed by atoms with Crippen LogP contribution in [-0.2, 0) is 4.74 Å². The molecule has 0 saturated heterocycles. The van der Waals surface area contributed by atoms with Crippen LogP contribution in [0, 0.1) is 11.3 Å². The lowest BCUT2D eigenvalue weighted by atomic mass is 9.76. The van der Waals surface area contributed by atoms with Crippen LogP contribution in [0.1, 0.15) is 46.5 Å². The van der Waals surface area contributed by atoms with Gasteiger partial charge in [-0.15, -0.1) is 0 Å². The topological polar surface area (TPSA) is 35.2 Å². The Hall–Kier alpha value is -0.0800. The lowest BCUT2D eigenvalue weighted by molar-refractivity contribution is -0.00859. The second-order valence-electron chi connectivity index (χ2n) is 5.54. The smallest absolute Gasteiger partial charge is 0.0575 e. The third-order valence-electron chi connectivity index (χ3n) is 3.30. The lowest BCUT2D eigenvalue weighted by Gasteiger charge is -2.34. The fourth-order valence-electron chi connectivity index (χ4n) is 1.91. The summed E-state index contributed by atoms with van der Waals surface area (Å²) in [6.45, 7) is 8.42. The van der Waals surface area contributed by atoms with Gasteiger partial charge in [0.25, 0.3) is 0 Å². The van der Waals surface area contributed by atoms with Crippen molar-refractivity contribution in [3.8, 4) is 0 Å². The number of rotatable bonds is 4. The molecule has 1 fully saturated rings. The maximum atomic E-state index is 5.85. The van der Waals surface area contributed by atoms with E-state index < -0.39 is 0 Å². The minimum atomic E-state index is 0.497. The normalized spacial score (nSPS) is 24.9. The van der Waals surface area contributed by atoms with Crippen molar-refractivity contribution >= 4 is 0 Å². The average molecular weight is 199 g/mol. The molecule has 1 saturated carbocycles. The Kier molecular flexibility index (Phi) is 4.39. The summed E-state index contributed by atoms with van der Waals surface area (Å²) in [5.74, 6) is 0.505. The van der Waals surface area contributed by atoms with Gasteiger partial charge in [0.15, 0.2) is 0 Å². The monoisotopic (exact) mass is 199 g/mol. The van der Waals surface area contributed by atoms with Crippen molar-refractivity contribution in [3.63, 3.8) is 0 Å². The molecule has 0 aromatic rings. The first kappa shape index (κ1) is 12.0. The molecule has 1 unspecified atom stereocenters. The van der Waals surface area contributed by atoms with Gasteiger partial charge >= 0.3 is 0 Å². The summed E-state index contributed by atoms with van der Waals surface area (Å²) in [6.07, 6.45) is 5.55. The molecule has 2 heteroatoms. The van der Waals surface area contributed by atoms with Gasteiger partial charge in [0.1, 0.15) is 0 Å². The Labute approximate surface area is 88.2 Å². The number of hydrogen-bond donors (Lipinski definition) is 1. The molecule has 2 nitrogen and oxygen atoms in total. The molecule has 14 heavy (non-hydrogen) atoms. The molecule has 1 rings (SSSR count).